The molecular formula is C42H39BrN4O5S. The van der Waals surface area contributed by atoms with E-state index in [9.17, 15) is 14.4 Å². The molecule has 270 valence electrons. The summed E-state index contributed by atoms with van der Waals surface area (Å²) in [6.45, 7) is 6.39. The molecule has 4 aromatic carbocycles. The first-order valence-electron chi connectivity index (χ1n) is 18.3. The van der Waals surface area contributed by atoms with Crippen molar-refractivity contribution in [2.24, 2.45) is 0 Å². The molecule has 3 fully saturated rings. The van der Waals surface area contributed by atoms with Crippen LogP contribution in [-0.4, -0.2) is 71.9 Å². The largest absolute Gasteiger partial charge is 0.490 e. The van der Waals surface area contributed by atoms with Crippen LogP contribution in [0.4, 0.5) is 5.69 Å². The third-order valence-electron chi connectivity index (χ3n) is 11.0. The Morgan fingerprint density at radius 1 is 0.849 bits per heavy atom. The van der Waals surface area contributed by atoms with Gasteiger partial charge in [0.2, 0.25) is 11.8 Å². The number of imide groups is 1. The molecule has 3 saturated heterocycles. The molecule has 1 atom stereocenters. The van der Waals surface area contributed by atoms with Crippen molar-refractivity contribution in [3.05, 3.63) is 106 Å². The summed E-state index contributed by atoms with van der Waals surface area (Å²) >= 11 is 5.31. The molecule has 4 aliphatic heterocycles. The van der Waals surface area contributed by atoms with Gasteiger partial charge in [-0.15, -0.1) is 11.3 Å². The number of nitrogens with zero attached hydrogens (tertiary/aromatic N) is 3. The molecule has 4 aliphatic rings. The van der Waals surface area contributed by atoms with Gasteiger partial charge in [0.1, 0.15) is 23.6 Å². The van der Waals surface area contributed by atoms with Gasteiger partial charge in [0.15, 0.2) is 5.75 Å². The van der Waals surface area contributed by atoms with Gasteiger partial charge in [-0.25, -0.2) is 0 Å². The van der Waals surface area contributed by atoms with Gasteiger partial charge in [0.05, 0.1) is 4.88 Å². The summed E-state index contributed by atoms with van der Waals surface area (Å²) in [7, 11) is 0. The number of rotatable bonds is 8. The molecule has 3 amide bonds. The van der Waals surface area contributed by atoms with Crippen molar-refractivity contribution >= 4 is 60.8 Å². The summed E-state index contributed by atoms with van der Waals surface area (Å²) in [6, 6.07) is 28.8. The van der Waals surface area contributed by atoms with Crippen molar-refractivity contribution in [1.29, 1.82) is 0 Å². The van der Waals surface area contributed by atoms with Gasteiger partial charge < -0.3 is 19.3 Å². The van der Waals surface area contributed by atoms with Crippen LogP contribution in [0.15, 0.2) is 89.4 Å². The molecule has 0 radical (unpaired) electrons. The summed E-state index contributed by atoms with van der Waals surface area (Å²) in [6.07, 6.45) is 2.75. The molecule has 53 heavy (non-hydrogen) atoms. The van der Waals surface area contributed by atoms with E-state index in [1.54, 1.807) is 16.2 Å². The summed E-state index contributed by atoms with van der Waals surface area (Å²) < 4.78 is 15.3. The maximum Gasteiger partial charge on any atom is 0.255 e. The molecule has 0 bridgehead atoms. The number of likely N-dealkylation sites (tertiary alicyclic amines) is 1. The minimum absolute atomic E-state index is 0.134. The maximum atomic E-state index is 13.1. The van der Waals surface area contributed by atoms with Gasteiger partial charge in [-0.05, 0) is 110 Å². The smallest absolute Gasteiger partial charge is 0.255 e. The van der Waals surface area contributed by atoms with Crippen molar-refractivity contribution in [2.45, 2.75) is 57.3 Å². The Morgan fingerprint density at radius 2 is 1.60 bits per heavy atom. The molecule has 9 nitrogen and oxygen atoms in total. The molecule has 1 aromatic heterocycles. The van der Waals surface area contributed by atoms with Crippen molar-refractivity contribution < 1.29 is 23.9 Å². The number of anilines is 1. The van der Waals surface area contributed by atoms with Crippen molar-refractivity contribution in [1.82, 2.24) is 15.1 Å². The lowest BCUT2D eigenvalue weighted by Gasteiger charge is -2.48. The van der Waals surface area contributed by atoms with E-state index < -0.39 is 6.04 Å². The summed E-state index contributed by atoms with van der Waals surface area (Å²) in [4.78, 5) is 44.8. The first-order valence-corrected chi connectivity index (χ1v) is 19.9. The maximum absolute atomic E-state index is 13.1. The highest BCUT2D eigenvalue weighted by atomic mass is 79.9. The summed E-state index contributed by atoms with van der Waals surface area (Å²) in [5.41, 5.74) is 5.06. The lowest BCUT2D eigenvalue weighted by Crippen LogP contribution is -2.61. The Kier molecular flexibility index (Phi) is 8.96. The zero-order valence-corrected chi connectivity index (χ0v) is 31.8. The number of halogens is 1. The zero-order valence-electron chi connectivity index (χ0n) is 29.3. The fourth-order valence-electron chi connectivity index (χ4n) is 7.98. The van der Waals surface area contributed by atoms with Crippen LogP contribution in [0.2, 0.25) is 0 Å². The fourth-order valence-corrected chi connectivity index (χ4v) is 9.48. The SMILES string of the molecule is Cc1ccc2c(Oc3ccc(OC4CCN(C5CN(c6ccc7c(c6)CN(C6CCC(=O)NC6=O)C7=O)C5)CC4)cc3)c(-c3ccc(Br)cc3)sc2c1. The predicted molar refractivity (Wildman–Crippen MR) is 210 cm³/mol. The van der Waals surface area contributed by atoms with Crippen LogP contribution < -0.4 is 19.7 Å². The van der Waals surface area contributed by atoms with Crippen molar-refractivity contribution in [3.63, 3.8) is 0 Å². The Morgan fingerprint density at radius 3 is 2.36 bits per heavy atom. The van der Waals surface area contributed by atoms with Crippen LogP contribution in [0.5, 0.6) is 17.2 Å². The molecule has 5 heterocycles. The third kappa shape index (κ3) is 6.70. The minimum atomic E-state index is -0.594. The summed E-state index contributed by atoms with van der Waals surface area (Å²) in [5, 5.41) is 3.49. The first-order chi connectivity index (χ1) is 25.8. The molecule has 5 aromatic rings. The molecule has 11 heteroatoms. The number of carbonyl (C=O) groups excluding carboxylic acids is 3. The molecule has 1 N–H and O–H groups in total. The van der Waals surface area contributed by atoms with E-state index in [1.165, 1.54) is 10.3 Å². The van der Waals surface area contributed by atoms with Gasteiger partial charge in [0.25, 0.3) is 5.91 Å². The lowest BCUT2D eigenvalue weighted by molar-refractivity contribution is -0.136. The number of carbonyl (C=O) groups is 3. The van der Waals surface area contributed by atoms with Crippen molar-refractivity contribution in [3.8, 4) is 27.7 Å². The van der Waals surface area contributed by atoms with Gasteiger partial charge in [-0.3, -0.25) is 24.6 Å². The number of ether oxygens (including phenoxy) is 2. The Bertz CT molecular complexity index is 2230. The quantitative estimate of drug-likeness (QED) is 0.160. The second-order valence-electron chi connectivity index (χ2n) is 14.5. The van der Waals surface area contributed by atoms with Crippen LogP contribution in [-0.2, 0) is 16.1 Å². The second kappa shape index (κ2) is 13.9. The number of hydrogen-bond donors (Lipinski definition) is 1. The number of hydrogen-bond acceptors (Lipinski definition) is 8. The van der Waals surface area contributed by atoms with Gasteiger partial charge in [-0.1, -0.05) is 34.1 Å². The number of amides is 3. The van der Waals surface area contributed by atoms with Crippen LogP contribution in [0.25, 0.3) is 20.5 Å². The molecule has 0 saturated carbocycles. The normalized spacial score (nSPS) is 19.7. The molecule has 9 rings (SSSR count). The van der Waals surface area contributed by atoms with Crippen molar-refractivity contribution in [2.75, 3.05) is 31.1 Å². The standard InChI is InChI=1S/C42H39BrN4O5S/c1-25-2-12-35-37(20-25)53-40(26-3-5-28(43)6-4-26)39(35)52-32-10-8-31(9-11-32)51-33-16-18-45(19-17-33)30-23-46(24-30)29-7-13-34-27(21-29)22-47(42(34)50)36-14-15-38(48)44-41(36)49/h2-13,20-21,30,33,36H,14-19,22-24H2,1H3,(H,44,48,49). The third-order valence-corrected chi connectivity index (χ3v) is 12.7. The van der Waals surface area contributed by atoms with Gasteiger partial charge in [-0.2, -0.15) is 0 Å². The van der Waals surface area contributed by atoms with E-state index in [2.05, 4.69) is 86.5 Å². The average molecular weight is 792 g/mol. The van der Waals surface area contributed by atoms with Crippen LogP contribution in [0, 0.1) is 6.92 Å². The van der Waals surface area contributed by atoms with E-state index in [0.29, 0.717) is 24.6 Å². The lowest BCUT2D eigenvalue weighted by atomic mass is 9.99. The number of nitrogens with one attached hydrogen (secondary N) is 1. The average Bonchev–Trinajstić information content (AvgIpc) is 3.65. The Labute approximate surface area is 320 Å². The molecule has 0 aliphatic carbocycles. The second-order valence-corrected chi connectivity index (χ2v) is 16.5. The fraction of sp³-hybridized carbons (Fsp3) is 0.310. The number of fused-ring (bicyclic) bond motifs is 2. The highest BCUT2D eigenvalue weighted by Gasteiger charge is 2.40. The highest BCUT2D eigenvalue weighted by molar-refractivity contribution is 9.10. The number of piperidine rings is 2. The van der Waals surface area contributed by atoms with Crippen LogP contribution >= 0.6 is 27.3 Å². The number of thiophene rings is 1. The number of aryl methyl sites for hydroxylation is 1. The predicted octanol–water partition coefficient (Wildman–Crippen LogP) is 7.92. The minimum Gasteiger partial charge on any atom is -0.490 e. The number of benzene rings is 4. The van der Waals surface area contributed by atoms with Gasteiger partial charge in [0, 0.05) is 71.0 Å². The highest BCUT2D eigenvalue weighted by Crippen LogP contribution is 2.47. The zero-order chi connectivity index (χ0) is 36.2. The van der Waals surface area contributed by atoms with E-state index in [0.717, 1.165) is 87.8 Å². The Balaban J connectivity index is 0.777. The summed E-state index contributed by atoms with van der Waals surface area (Å²) in [5.74, 6) is 1.73. The molecule has 1 unspecified atom stereocenters. The Hall–Kier alpha value is -4.71. The van der Waals surface area contributed by atoms with E-state index in [-0.39, 0.29) is 30.2 Å². The van der Waals surface area contributed by atoms with Gasteiger partial charge >= 0.3 is 0 Å². The first kappa shape index (κ1) is 34.1. The van der Waals surface area contributed by atoms with Crippen LogP contribution in [0.3, 0.4) is 0 Å². The van der Waals surface area contributed by atoms with E-state index >= 15 is 0 Å². The molecular weight excluding hydrogens is 752 g/mol. The van der Waals surface area contributed by atoms with E-state index in [1.807, 2.05) is 36.4 Å². The topological polar surface area (TPSA) is 91.4 Å². The monoisotopic (exact) mass is 790 g/mol. The molecule has 0 spiro atoms. The van der Waals surface area contributed by atoms with E-state index in [4.69, 9.17) is 9.47 Å². The van der Waals surface area contributed by atoms with Crippen LogP contribution in [0.1, 0.15) is 47.2 Å².